The van der Waals surface area contributed by atoms with Crippen LogP contribution in [0.3, 0.4) is 0 Å². The third-order valence-corrected chi connectivity index (χ3v) is 2.95. The molecule has 3 heterocycles. The number of benzene rings is 1. The van der Waals surface area contributed by atoms with Gasteiger partial charge in [-0.2, -0.15) is 0 Å². The van der Waals surface area contributed by atoms with Crippen molar-refractivity contribution in [1.82, 2.24) is 15.0 Å². The zero-order valence-corrected chi connectivity index (χ0v) is 9.68. The monoisotopic (exact) mass is 257 g/mol. The van der Waals surface area contributed by atoms with Crippen molar-refractivity contribution in [2.75, 3.05) is 6.79 Å². The molecule has 0 atom stereocenters. The summed E-state index contributed by atoms with van der Waals surface area (Å²) in [7, 11) is 0. The molecule has 0 saturated heterocycles. The molecule has 0 bridgehead atoms. The van der Waals surface area contributed by atoms with Gasteiger partial charge in [-0.3, -0.25) is 0 Å². The summed E-state index contributed by atoms with van der Waals surface area (Å²) in [5.74, 6) is 1.61. The van der Waals surface area contributed by atoms with Gasteiger partial charge in [-0.1, -0.05) is 0 Å². The standard InChI is InChI=1S/C13H8FN3O2/c14-8-4-9-13(15-5-8)17-12(16-9)7-1-2-10-11(3-7)19-6-18-10/h1-5H,6H2,(H,15,16,17). The summed E-state index contributed by atoms with van der Waals surface area (Å²) >= 11 is 0. The maximum atomic E-state index is 13.1. The molecule has 94 valence electrons. The molecule has 19 heavy (non-hydrogen) atoms. The fourth-order valence-electron chi connectivity index (χ4n) is 2.06. The fourth-order valence-corrected chi connectivity index (χ4v) is 2.06. The van der Waals surface area contributed by atoms with E-state index in [-0.39, 0.29) is 6.79 Å². The highest BCUT2D eigenvalue weighted by Gasteiger charge is 2.15. The first-order valence-corrected chi connectivity index (χ1v) is 5.71. The average Bonchev–Trinajstić information content (AvgIpc) is 3.02. The van der Waals surface area contributed by atoms with Crippen LogP contribution in [0, 0.1) is 5.82 Å². The Balaban J connectivity index is 1.85. The van der Waals surface area contributed by atoms with E-state index in [1.807, 2.05) is 18.2 Å². The van der Waals surface area contributed by atoms with E-state index in [0.717, 1.165) is 11.8 Å². The number of hydrogen-bond donors (Lipinski definition) is 1. The molecule has 2 aromatic heterocycles. The molecule has 1 aromatic carbocycles. The van der Waals surface area contributed by atoms with Gasteiger partial charge in [-0.25, -0.2) is 14.4 Å². The quantitative estimate of drug-likeness (QED) is 0.727. The van der Waals surface area contributed by atoms with Gasteiger partial charge in [0, 0.05) is 11.6 Å². The van der Waals surface area contributed by atoms with E-state index in [1.54, 1.807) is 0 Å². The Kier molecular flexibility index (Phi) is 2.00. The van der Waals surface area contributed by atoms with E-state index in [1.165, 1.54) is 6.07 Å². The summed E-state index contributed by atoms with van der Waals surface area (Å²) in [5, 5.41) is 0. The van der Waals surface area contributed by atoms with Gasteiger partial charge >= 0.3 is 0 Å². The molecule has 4 rings (SSSR count). The van der Waals surface area contributed by atoms with Crippen LogP contribution in [0.2, 0.25) is 0 Å². The normalized spacial score (nSPS) is 13.1. The van der Waals surface area contributed by atoms with Crippen molar-refractivity contribution in [2.45, 2.75) is 0 Å². The Bertz CT molecular complexity index is 785. The first-order chi connectivity index (χ1) is 9.29. The lowest BCUT2D eigenvalue weighted by atomic mass is 10.2. The summed E-state index contributed by atoms with van der Waals surface area (Å²) in [6, 6.07) is 6.88. The molecular formula is C13H8FN3O2. The molecule has 1 N–H and O–H groups in total. The number of aromatic nitrogens is 3. The van der Waals surface area contributed by atoms with Crippen molar-refractivity contribution < 1.29 is 13.9 Å². The van der Waals surface area contributed by atoms with Crippen molar-refractivity contribution in [2.24, 2.45) is 0 Å². The van der Waals surface area contributed by atoms with Crippen LogP contribution in [0.4, 0.5) is 4.39 Å². The lowest BCUT2D eigenvalue weighted by molar-refractivity contribution is 0.174. The van der Waals surface area contributed by atoms with Gasteiger partial charge in [0.05, 0.1) is 11.7 Å². The van der Waals surface area contributed by atoms with Gasteiger partial charge in [0.15, 0.2) is 17.1 Å². The van der Waals surface area contributed by atoms with Crippen LogP contribution in [-0.2, 0) is 0 Å². The second kappa shape index (κ2) is 3.68. The van der Waals surface area contributed by atoms with E-state index in [0.29, 0.717) is 28.5 Å². The van der Waals surface area contributed by atoms with Crippen LogP contribution < -0.4 is 9.47 Å². The maximum Gasteiger partial charge on any atom is 0.231 e. The van der Waals surface area contributed by atoms with E-state index >= 15 is 0 Å². The second-order valence-corrected chi connectivity index (χ2v) is 4.18. The lowest BCUT2D eigenvalue weighted by Gasteiger charge is -1.99. The minimum absolute atomic E-state index is 0.228. The number of aromatic amines is 1. The van der Waals surface area contributed by atoms with Crippen LogP contribution in [0.15, 0.2) is 30.5 Å². The number of imidazole rings is 1. The topological polar surface area (TPSA) is 60.0 Å². The van der Waals surface area contributed by atoms with E-state index in [2.05, 4.69) is 15.0 Å². The van der Waals surface area contributed by atoms with Crippen molar-refractivity contribution >= 4 is 11.2 Å². The number of halogens is 1. The first kappa shape index (κ1) is 10.3. The van der Waals surface area contributed by atoms with Crippen LogP contribution in [0.25, 0.3) is 22.6 Å². The largest absolute Gasteiger partial charge is 0.454 e. The molecule has 0 spiro atoms. The number of ether oxygens (including phenoxy) is 2. The molecule has 0 fully saturated rings. The highest BCUT2D eigenvalue weighted by atomic mass is 19.1. The maximum absolute atomic E-state index is 13.1. The van der Waals surface area contributed by atoms with Crippen LogP contribution in [0.5, 0.6) is 11.5 Å². The third-order valence-electron chi connectivity index (χ3n) is 2.95. The SMILES string of the molecule is Fc1cnc2nc(-c3ccc4c(c3)OCO4)[nH]c2c1. The highest BCUT2D eigenvalue weighted by Crippen LogP contribution is 2.35. The smallest absolute Gasteiger partial charge is 0.231 e. The number of fused-ring (bicyclic) bond motifs is 2. The Morgan fingerprint density at radius 1 is 1.16 bits per heavy atom. The number of nitrogens with one attached hydrogen (secondary N) is 1. The predicted molar refractivity (Wildman–Crippen MR) is 65.4 cm³/mol. The molecule has 1 aliphatic rings. The van der Waals surface area contributed by atoms with E-state index in [4.69, 9.17) is 9.47 Å². The fraction of sp³-hybridized carbons (Fsp3) is 0.0769. The zero-order valence-electron chi connectivity index (χ0n) is 9.68. The van der Waals surface area contributed by atoms with Crippen LogP contribution >= 0.6 is 0 Å². The zero-order chi connectivity index (χ0) is 12.8. The molecule has 0 amide bonds. The van der Waals surface area contributed by atoms with E-state index < -0.39 is 5.82 Å². The summed E-state index contributed by atoms with van der Waals surface area (Å²) in [6.07, 6.45) is 1.15. The van der Waals surface area contributed by atoms with Crippen molar-refractivity contribution in [3.63, 3.8) is 0 Å². The van der Waals surface area contributed by atoms with Crippen LogP contribution in [0.1, 0.15) is 0 Å². The average molecular weight is 257 g/mol. The molecule has 0 unspecified atom stereocenters. The number of pyridine rings is 1. The number of hydrogen-bond acceptors (Lipinski definition) is 4. The summed E-state index contributed by atoms with van der Waals surface area (Å²) in [4.78, 5) is 11.3. The van der Waals surface area contributed by atoms with Crippen molar-refractivity contribution in [1.29, 1.82) is 0 Å². The Labute approximate surface area is 107 Å². The molecule has 3 aromatic rings. The van der Waals surface area contributed by atoms with Crippen molar-refractivity contribution in [3.8, 4) is 22.9 Å². The highest BCUT2D eigenvalue weighted by molar-refractivity contribution is 5.76. The Hall–Kier alpha value is -2.63. The van der Waals surface area contributed by atoms with Gasteiger partial charge in [-0.15, -0.1) is 0 Å². The lowest BCUT2D eigenvalue weighted by Crippen LogP contribution is -1.92. The summed E-state index contributed by atoms with van der Waals surface area (Å²) < 4.78 is 23.6. The molecule has 6 heteroatoms. The molecule has 0 saturated carbocycles. The first-order valence-electron chi connectivity index (χ1n) is 5.71. The minimum Gasteiger partial charge on any atom is -0.454 e. The second-order valence-electron chi connectivity index (χ2n) is 4.18. The predicted octanol–water partition coefficient (Wildman–Crippen LogP) is 2.49. The Morgan fingerprint density at radius 2 is 2.05 bits per heavy atom. The number of H-pyrrole nitrogens is 1. The molecule has 5 nitrogen and oxygen atoms in total. The molecule has 0 aliphatic carbocycles. The number of nitrogens with zero attached hydrogens (tertiary/aromatic N) is 2. The third kappa shape index (κ3) is 1.61. The van der Waals surface area contributed by atoms with Gasteiger partial charge in [0.1, 0.15) is 11.6 Å². The summed E-state index contributed by atoms with van der Waals surface area (Å²) in [6.45, 7) is 0.228. The minimum atomic E-state index is -0.395. The molecule has 0 radical (unpaired) electrons. The van der Waals surface area contributed by atoms with Gasteiger partial charge in [-0.05, 0) is 18.2 Å². The van der Waals surface area contributed by atoms with Crippen LogP contribution in [-0.4, -0.2) is 21.7 Å². The molecule has 1 aliphatic heterocycles. The van der Waals surface area contributed by atoms with Gasteiger partial charge in [0.25, 0.3) is 0 Å². The van der Waals surface area contributed by atoms with Gasteiger partial charge < -0.3 is 14.5 Å². The summed E-state index contributed by atoms with van der Waals surface area (Å²) in [5.41, 5.74) is 1.88. The number of rotatable bonds is 1. The molecular weight excluding hydrogens is 249 g/mol. The van der Waals surface area contributed by atoms with Gasteiger partial charge in [0.2, 0.25) is 6.79 Å². The van der Waals surface area contributed by atoms with Crippen molar-refractivity contribution in [3.05, 3.63) is 36.3 Å². The van der Waals surface area contributed by atoms with E-state index in [9.17, 15) is 4.39 Å². The Morgan fingerprint density at radius 3 is 3.00 bits per heavy atom.